The Labute approximate surface area is 119 Å². The fourth-order valence-corrected chi connectivity index (χ4v) is 2.65. The average molecular weight is 266 g/mol. The maximum atomic E-state index is 9.40. The van der Waals surface area contributed by atoms with Crippen molar-refractivity contribution < 1.29 is 0 Å². The Balaban J connectivity index is 2.10. The first kappa shape index (κ1) is 12.9. The van der Waals surface area contributed by atoms with Crippen molar-refractivity contribution >= 4 is 16.7 Å². The van der Waals surface area contributed by atoms with Crippen molar-refractivity contribution in [3.63, 3.8) is 0 Å². The summed E-state index contributed by atoms with van der Waals surface area (Å²) < 4.78 is 0. The van der Waals surface area contributed by atoms with Crippen LogP contribution < -0.4 is 10.2 Å². The van der Waals surface area contributed by atoms with Crippen LogP contribution in [0.2, 0.25) is 0 Å². The summed E-state index contributed by atoms with van der Waals surface area (Å²) >= 11 is 0. The molecule has 3 rings (SSSR count). The van der Waals surface area contributed by atoms with Gasteiger partial charge in [-0.2, -0.15) is 5.26 Å². The smallest absolute Gasteiger partial charge is 0.147 e. The summed E-state index contributed by atoms with van der Waals surface area (Å²) in [6.07, 6.45) is 1.08. The molecule has 1 aromatic carbocycles. The number of nitriles is 1. The molecule has 0 aliphatic carbocycles. The largest absolute Gasteiger partial charge is 0.354 e. The van der Waals surface area contributed by atoms with Crippen molar-refractivity contribution in [1.82, 2.24) is 10.3 Å². The molecular weight excluding hydrogens is 248 g/mol. The highest BCUT2D eigenvalue weighted by Gasteiger charge is 2.16. The first-order valence-corrected chi connectivity index (χ1v) is 7.05. The van der Waals surface area contributed by atoms with Gasteiger partial charge in [-0.25, -0.2) is 4.98 Å². The molecule has 1 aliphatic heterocycles. The number of hydrogen-bond acceptors (Lipinski definition) is 4. The van der Waals surface area contributed by atoms with Crippen molar-refractivity contribution in [2.75, 3.05) is 31.1 Å². The maximum absolute atomic E-state index is 9.40. The lowest BCUT2D eigenvalue weighted by Crippen LogP contribution is -2.29. The first-order valence-electron chi connectivity index (χ1n) is 7.05. The van der Waals surface area contributed by atoms with Crippen LogP contribution in [0.25, 0.3) is 10.9 Å². The first-order chi connectivity index (χ1) is 9.78. The molecule has 2 aromatic rings. The van der Waals surface area contributed by atoms with E-state index in [0.29, 0.717) is 5.56 Å². The van der Waals surface area contributed by atoms with Gasteiger partial charge in [-0.15, -0.1) is 0 Å². The van der Waals surface area contributed by atoms with E-state index in [4.69, 9.17) is 4.98 Å². The van der Waals surface area contributed by atoms with Gasteiger partial charge < -0.3 is 10.2 Å². The lowest BCUT2D eigenvalue weighted by molar-refractivity contribution is 0.724. The van der Waals surface area contributed by atoms with Crippen LogP contribution in [0.15, 0.2) is 24.3 Å². The third-order valence-electron chi connectivity index (χ3n) is 3.71. The minimum Gasteiger partial charge on any atom is -0.354 e. The lowest BCUT2D eigenvalue weighted by Gasteiger charge is -2.22. The molecule has 0 amide bonds. The highest BCUT2D eigenvalue weighted by atomic mass is 15.2. The number of pyridine rings is 1. The van der Waals surface area contributed by atoms with Gasteiger partial charge in [0.15, 0.2) is 0 Å². The van der Waals surface area contributed by atoms with Gasteiger partial charge in [-0.3, -0.25) is 0 Å². The fourth-order valence-electron chi connectivity index (χ4n) is 2.65. The Morgan fingerprint density at radius 1 is 1.25 bits per heavy atom. The van der Waals surface area contributed by atoms with Crippen LogP contribution in [0, 0.1) is 18.3 Å². The van der Waals surface area contributed by atoms with Crippen molar-refractivity contribution in [3.8, 4) is 6.07 Å². The third kappa shape index (κ3) is 2.45. The summed E-state index contributed by atoms with van der Waals surface area (Å²) in [6.45, 7) is 5.89. The summed E-state index contributed by atoms with van der Waals surface area (Å²) in [4.78, 5) is 6.97. The number of aryl methyl sites for hydroxylation is 1. The fraction of sp³-hybridized carbons (Fsp3) is 0.375. The van der Waals surface area contributed by atoms with Crippen LogP contribution in [0.5, 0.6) is 0 Å². The average Bonchev–Trinajstić information content (AvgIpc) is 2.74. The van der Waals surface area contributed by atoms with E-state index in [1.165, 1.54) is 5.56 Å². The van der Waals surface area contributed by atoms with Crippen LogP contribution in [-0.2, 0) is 0 Å². The Hall–Kier alpha value is -2.12. The summed E-state index contributed by atoms with van der Waals surface area (Å²) in [5.74, 6) is 0.828. The van der Waals surface area contributed by atoms with Crippen molar-refractivity contribution in [2.24, 2.45) is 0 Å². The van der Waals surface area contributed by atoms with Gasteiger partial charge >= 0.3 is 0 Å². The summed E-state index contributed by atoms with van der Waals surface area (Å²) in [7, 11) is 0. The van der Waals surface area contributed by atoms with Gasteiger partial charge in [-0.05, 0) is 37.6 Å². The van der Waals surface area contributed by atoms with E-state index in [9.17, 15) is 5.26 Å². The Bertz CT molecular complexity index is 664. The van der Waals surface area contributed by atoms with Crippen molar-refractivity contribution in [2.45, 2.75) is 13.3 Å². The zero-order valence-electron chi connectivity index (χ0n) is 11.7. The van der Waals surface area contributed by atoms with Crippen LogP contribution in [0.4, 0.5) is 5.82 Å². The molecule has 4 nitrogen and oxygen atoms in total. The zero-order valence-corrected chi connectivity index (χ0v) is 11.7. The molecule has 1 aliphatic rings. The van der Waals surface area contributed by atoms with Crippen LogP contribution in [-0.4, -0.2) is 31.2 Å². The second-order valence-electron chi connectivity index (χ2n) is 5.26. The van der Waals surface area contributed by atoms with E-state index in [0.717, 1.165) is 49.3 Å². The Morgan fingerprint density at radius 3 is 3.00 bits per heavy atom. The molecule has 20 heavy (non-hydrogen) atoms. The van der Waals surface area contributed by atoms with E-state index < -0.39 is 0 Å². The predicted molar refractivity (Wildman–Crippen MR) is 80.9 cm³/mol. The maximum Gasteiger partial charge on any atom is 0.147 e. The second kappa shape index (κ2) is 5.48. The molecule has 0 radical (unpaired) electrons. The number of aromatic nitrogens is 1. The number of rotatable bonds is 1. The normalized spacial score (nSPS) is 15.9. The molecule has 0 atom stereocenters. The summed E-state index contributed by atoms with van der Waals surface area (Å²) in [5.41, 5.74) is 2.83. The molecule has 1 aromatic heterocycles. The van der Waals surface area contributed by atoms with E-state index >= 15 is 0 Å². The number of nitrogens with zero attached hydrogens (tertiary/aromatic N) is 3. The molecule has 0 saturated carbocycles. The monoisotopic (exact) mass is 266 g/mol. The van der Waals surface area contributed by atoms with Gasteiger partial charge in [0.05, 0.1) is 11.1 Å². The molecule has 2 heterocycles. The number of fused-ring (bicyclic) bond motifs is 1. The Morgan fingerprint density at radius 2 is 2.15 bits per heavy atom. The van der Waals surface area contributed by atoms with Crippen LogP contribution >= 0.6 is 0 Å². The van der Waals surface area contributed by atoms with Crippen molar-refractivity contribution in [1.29, 1.82) is 5.26 Å². The predicted octanol–water partition coefficient (Wildman–Crippen LogP) is 2.21. The molecule has 1 saturated heterocycles. The number of benzene rings is 1. The van der Waals surface area contributed by atoms with E-state index in [-0.39, 0.29) is 0 Å². The molecule has 1 N–H and O–H groups in total. The van der Waals surface area contributed by atoms with Gasteiger partial charge in [0.1, 0.15) is 11.9 Å². The molecular formula is C16H18N4. The molecule has 4 heteroatoms. The number of anilines is 1. The quantitative estimate of drug-likeness (QED) is 0.860. The lowest BCUT2D eigenvalue weighted by atomic mass is 10.1. The number of hydrogen-bond donors (Lipinski definition) is 1. The molecule has 0 unspecified atom stereocenters. The second-order valence-corrected chi connectivity index (χ2v) is 5.26. The van der Waals surface area contributed by atoms with Crippen LogP contribution in [0.3, 0.4) is 0 Å². The minimum atomic E-state index is 0.670. The Kier molecular flexibility index (Phi) is 3.53. The molecule has 0 spiro atoms. The SMILES string of the molecule is Cc1ccc2cc(C#N)c(N3CCCNCC3)nc2c1. The van der Waals surface area contributed by atoms with Gasteiger partial charge in [0.2, 0.25) is 0 Å². The van der Waals surface area contributed by atoms with E-state index in [1.54, 1.807) is 0 Å². The van der Waals surface area contributed by atoms with Gasteiger partial charge in [0.25, 0.3) is 0 Å². The molecule has 1 fully saturated rings. The molecule has 102 valence electrons. The molecule has 0 bridgehead atoms. The standard InChI is InChI=1S/C16H18N4/c1-12-3-4-13-10-14(11-17)16(19-15(13)9-12)20-7-2-5-18-6-8-20/h3-4,9-10,18H,2,5-8H2,1H3. The topological polar surface area (TPSA) is 52.0 Å². The summed E-state index contributed by atoms with van der Waals surface area (Å²) in [6, 6.07) is 10.4. The zero-order chi connectivity index (χ0) is 13.9. The van der Waals surface area contributed by atoms with Gasteiger partial charge in [-0.1, -0.05) is 12.1 Å². The van der Waals surface area contributed by atoms with Crippen molar-refractivity contribution in [3.05, 3.63) is 35.4 Å². The highest BCUT2D eigenvalue weighted by molar-refractivity contribution is 5.83. The summed E-state index contributed by atoms with van der Waals surface area (Å²) in [5, 5.41) is 13.8. The van der Waals surface area contributed by atoms with E-state index in [1.807, 2.05) is 12.1 Å². The third-order valence-corrected chi connectivity index (χ3v) is 3.71. The van der Waals surface area contributed by atoms with E-state index in [2.05, 4.69) is 35.3 Å². The minimum absolute atomic E-state index is 0.670. The number of nitrogens with one attached hydrogen (secondary N) is 1. The van der Waals surface area contributed by atoms with Gasteiger partial charge in [0, 0.05) is 25.0 Å². The highest BCUT2D eigenvalue weighted by Crippen LogP contribution is 2.24. The van der Waals surface area contributed by atoms with Crippen LogP contribution in [0.1, 0.15) is 17.5 Å².